The van der Waals surface area contributed by atoms with Crippen LogP contribution in [-0.2, 0) is 0 Å². The minimum absolute atomic E-state index is 0.269. The molecule has 0 amide bonds. The molecule has 1 aromatic carbocycles. The van der Waals surface area contributed by atoms with Crippen molar-refractivity contribution < 1.29 is 18.3 Å². The van der Waals surface area contributed by atoms with Gasteiger partial charge in [0.15, 0.2) is 11.6 Å². The first-order valence-electron chi connectivity index (χ1n) is 4.74. The first-order chi connectivity index (χ1) is 8.13. The van der Waals surface area contributed by atoms with Crippen LogP contribution in [0.4, 0.5) is 8.78 Å². The molecule has 1 aromatic heterocycles. The van der Waals surface area contributed by atoms with Crippen molar-refractivity contribution in [3.8, 4) is 5.75 Å². The van der Waals surface area contributed by atoms with Crippen LogP contribution >= 0.6 is 11.3 Å². The monoisotopic (exact) mass is 254 g/mol. The Hall–Kier alpha value is -1.75. The van der Waals surface area contributed by atoms with Gasteiger partial charge >= 0.3 is 0 Å². The van der Waals surface area contributed by atoms with Crippen molar-refractivity contribution in [2.24, 2.45) is 0 Å². The number of ether oxygens (including phenoxy) is 1. The minimum Gasteiger partial charge on any atom is -0.496 e. The van der Waals surface area contributed by atoms with Crippen LogP contribution in [-0.4, -0.2) is 12.9 Å². The van der Waals surface area contributed by atoms with E-state index in [1.807, 2.05) is 0 Å². The van der Waals surface area contributed by atoms with Crippen molar-refractivity contribution in [3.05, 3.63) is 51.7 Å². The molecule has 0 unspecified atom stereocenters. The summed E-state index contributed by atoms with van der Waals surface area (Å²) in [6.45, 7) is 0. The number of thiophene rings is 1. The number of methoxy groups -OCH3 is 1. The average Bonchev–Trinajstić information content (AvgIpc) is 2.80. The topological polar surface area (TPSA) is 26.3 Å². The zero-order valence-corrected chi connectivity index (χ0v) is 9.68. The lowest BCUT2D eigenvalue weighted by molar-refractivity contribution is 0.103. The summed E-state index contributed by atoms with van der Waals surface area (Å²) in [5.74, 6) is -2.17. The quantitative estimate of drug-likeness (QED) is 0.786. The molecule has 17 heavy (non-hydrogen) atoms. The van der Waals surface area contributed by atoms with E-state index >= 15 is 0 Å². The highest BCUT2D eigenvalue weighted by molar-refractivity contribution is 7.12. The highest BCUT2D eigenvalue weighted by Gasteiger charge is 2.18. The van der Waals surface area contributed by atoms with Crippen LogP contribution < -0.4 is 4.74 Å². The van der Waals surface area contributed by atoms with E-state index in [1.165, 1.54) is 25.3 Å². The molecular formula is C12H8F2O2S. The van der Waals surface area contributed by atoms with Gasteiger partial charge in [-0.3, -0.25) is 4.79 Å². The van der Waals surface area contributed by atoms with Crippen LogP contribution in [0, 0.1) is 11.6 Å². The van der Waals surface area contributed by atoms with Crippen LogP contribution in [0.5, 0.6) is 5.75 Å². The molecule has 0 aliphatic heterocycles. The van der Waals surface area contributed by atoms with Crippen LogP contribution in [0.1, 0.15) is 15.2 Å². The molecule has 0 bridgehead atoms. The van der Waals surface area contributed by atoms with Crippen LogP contribution in [0.15, 0.2) is 29.6 Å². The molecule has 0 aliphatic rings. The number of hydrogen-bond donors (Lipinski definition) is 0. The van der Waals surface area contributed by atoms with Crippen molar-refractivity contribution in [2.45, 2.75) is 0 Å². The third-order valence-corrected chi connectivity index (χ3v) is 3.14. The highest BCUT2D eigenvalue weighted by atomic mass is 32.1. The van der Waals surface area contributed by atoms with E-state index in [9.17, 15) is 13.6 Å². The Morgan fingerprint density at radius 3 is 2.76 bits per heavy atom. The summed E-state index contributed by atoms with van der Waals surface area (Å²) in [7, 11) is 1.47. The first-order valence-corrected chi connectivity index (χ1v) is 5.62. The summed E-state index contributed by atoms with van der Waals surface area (Å²) < 4.78 is 31.3. The van der Waals surface area contributed by atoms with E-state index in [0.717, 1.165) is 17.4 Å². The van der Waals surface area contributed by atoms with Gasteiger partial charge in [0.1, 0.15) is 5.75 Å². The summed E-state index contributed by atoms with van der Waals surface area (Å²) in [6.07, 6.45) is 0. The Bertz CT molecular complexity index is 563. The second-order valence-corrected chi connectivity index (χ2v) is 4.19. The molecule has 0 spiro atoms. The molecular weight excluding hydrogens is 246 g/mol. The number of rotatable bonds is 3. The van der Waals surface area contributed by atoms with E-state index in [2.05, 4.69) is 0 Å². The maximum Gasteiger partial charge on any atom is 0.206 e. The Labute approximate surface area is 100 Å². The number of benzene rings is 1. The minimum atomic E-state index is -1.12. The lowest BCUT2D eigenvalue weighted by Gasteiger charge is -2.00. The van der Waals surface area contributed by atoms with Gasteiger partial charge in [-0.2, -0.15) is 0 Å². The molecule has 88 valence electrons. The normalized spacial score (nSPS) is 10.3. The van der Waals surface area contributed by atoms with Gasteiger partial charge in [-0.25, -0.2) is 8.78 Å². The third kappa shape index (κ3) is 2.19. The number of carbonyl (C=O) groups excluding carboxylic acids is 1. The molecule has 0 atom stereocenters. The van der Waals surface area contributed by atoms with Crippen molar-refractivity contribution in [1.29, 1.82) is 0 Å². The molecule has 0 aliphatic carbocycles. The van der Waals surface area contributed by atoms with Gasteiger partial charge in [-0.1, -0.05) is 6.07 Å². The average molecular weight is 254 g/mol. The summed E-state index contributed by atoms with van der Waals surface area (Å²) in [5, 5.41) is 1.63. The number of carbonyl (C=O) groups is 1. The summed E-state index contributed by atoms with van der Waals surface area (Å²) in [5.41, 5.74) is -0.269. The Morgan fingerprint density at radius 2 is 2.12 bits per heavy atom. The van der Waals surface area contributed by atoms with Gasteiger partial charge < -0.3 is 4.74 Å². The number of ketones is 1. The predicted octanol–water partition coefficient (Wildman–Crippen LogP) is 3.27. The molecule has 0 saturated carbocycles. The first kappa shape index (κ1) is 11.7. The van der Waals surface area contributed by atoms with E-state index < -0.39 is 17.4 Å². The fourth-order valence-corrected chi connectivity index (χ4v) is 2.17. The van der Waals surface area contributed by atoms with Gasteiger partial charge in [-0.15, -0.1) is 11.3 Å². The van der Waals surface area contributed by atoms with Crippen LogP contribution in [0.2, 0.25) is 0 Å². The second kappa shape index (κ2) is 4.63. The smallest absolute Gasteiger partial charge is 0.206 e. The highest BCUT2D eigenvalue weighted by Crippen LogP contribution is 2.25. The Balaban J connectivity index is 2.40. The van der Waals surface area contributed by atoms with Crippen molar-refractivity contribution in [3.63, 3.8) is 0 Å². The van der Waals surface area contributed by atoms with Crippen molar-refractivity contribution in [2.75, 3.05) is 7.11 Å². The second-order valence-electron chi connectivity index (χ2n) is 3.28. The Kier molecular flexibility index (Phi) is 3.19. The molecule has 1 heterocycles. The van der Waals surface area contributed by atoms with Crippen LogP contribution in [0.25, 0.3) is 0 Å². The number of halogens is 2. The summed E-state index contributed by atoms with van der Waals surface area (Å²) >= 11 is 1.13. The zero-order valence-electron chi connectivity index (χ0n) is 8.87. The zero-order chi connectivity index (χ0) is 12.4. The van der Waals surface area contributed by atoms with E-state index in [0.29, 0.717) is 10.6 Å². The van der Waals surface area contributed by atoms with Crippen LogP contribution in [0.3, 0.4) is 0 Å². The van der Waals surface area contributed by atoms with Gasteiger partial charge in [-0.05, 0) is 12.1 Å². The largest absolute Gasteiger partial charge is 0.496 e. The standard InChI is InChI=1S/C12H8F2O2S/c1-16-7-5-10(17-6-7)12(15)8-3-2-4-9(13)11(8)14/h2-6H,1H3. The molecule has 2 aromatic rings. The molecule has 0 radical (unpaired) electrons. The van der Waals surface area contributed by atoms with E-state index in [4.69, 9.17) is 4.74 Å². The SMILES string of the molecule is COc1csc(C(=O)c2cccc(F)c2F)c1. The van der Waals surface area contributed by atoms with Crippen molar-refractivity contribution in [1.82, 2.24) is 0 Å². The molecule has 0 fully saturated rings. The van der Waals surface area contributed by atoms with Gasteiger partial charge in [0.25, 0.3) is 0 Å². The number of hydrogen-bond acceptors (Lipinski definition) is 3. The van der Waals surface area contributed by atoms with E-state index in [1.54, 1.807) is 5.38 Å². The van der Waals surface area contributed by atoms with Gasteiger partial charge in [0, 0.05) is 11.4 Å². The fourth-order valence-electron chi connectivity index (χ4n) is 1.36. The fraction of sp³-hybridized carbons (Fsp3) is 0.0833. The molecule has 0 N–H and O–H groups in total. The molecule has 0 saturated heterocycles. The molecule has 5 heteroatoms. The third-order valence-electron chi connectivity index (χ3n) is 2.23. The maximum absolute atomic E-state index is 13.4. The van der Waals surface area contributed by atoms with E-state index in [-0.39, 0.29) is 5.56 Å². The molecule has 2 nitrogen and oxygen atoms in total. The van der Waals surface area contributed by atoms with Gasteiger partial charge in [0.05, 0.1) is 17.6 Å². The lowest BCUT2D eigenvalue weighted by atomic mass is 10.1. The maximum atomic E-state index is 13.4. The Morgan fingerprint density at radius 1 is 1.35 bits per heavy atom. The molecule has 2 rings (SSSR count). The van der Waals surface area contributed by atoms with Gasteiger partial charge in [0.2, 0.25) is 5.78 Å². The lowest BCUT2D eigenvalue weighted by Crippen LogP contribution is -2.03. The summed E-state index contributed by atoms with van der Waals surface area (Å²) in [4.78, 5) is 12.2. The summed E-state index contributed by atoms with van der Waals surface area (Å²) in [6, 6.07) is 5.03. The predicted molar refractivity (Wildman–Crippen MR) is 60.7 cm³/mol. The van der Waals surface area contributed by atoms with Crippen molar-refractivity contribution >= 4 is 17.1 Å².